The van der Waals surface area contributed by atoms with Gasteiger partial charge in [0, 0.05) is 19.0 Å². The fourth-order valence-electron chi connectivity index (χ4n) is 3.73. The van der Waals surface area contributed by atoms with Crippen molar-refractivity contribution >= 4 is 21.6 Å². The van der Waals surface area contributed by atoms with Gasteiger partial charge in [0.2, 0.25) is 15.9 Å². The molecule has 0 aliphatic carbocycles. The van der Waals surface area contributed by atoms with E-state index in [1.165, 1.54) is 9.87 Å². The van der Waals surface area contributed by atoms with Crippen molar-refractivity contribution in [1.82, 2.24) is 5.32 Å². The van der Waals surface area contributed by atoms with Crippen LogP contribution in [0, 0.1) is 0 Å². The van der Waals surface area contributed by atoms with Crippen LogP contribution in [-0.2, 0) is 20.2 Å². The first-order chi connectivity index (χ1) is 15.4. The van der Waals surface area contributed by atoms with Crippen molar-refractivity contribution in [2.24, 2.45) is 0 Å². The van der Waals surface area contributed by atoms with Crippen LogP contribution in [0.25, 0.3) is 0 Å². The van der Waals surface area contributed by atoms with Crippen molar-refractivity contribution < 1.29 is 22.7 Å². The van der Waals surface area contributed by atoms with Gasteiger partial charge in [-0.05, 0) is 42.0 Å². The predicted octanol–water partition coefficient (Wildman–Crippen LogP) is 4.18. The van der Waals surface area contributed by atoms with E-state index in [2.05, 4.69) is 38.2 Å². The van der Waals surface area contributed by atoms with Crippen LogP contribution >= 0.6 is 0 Å². The van der Waals surface area contributed by atoms with Crippen LogP contribution in [0.1, 0.15) is 57.7 Å². The van der Waals surface area contributed by atoms with Gasteiger partial charge in [-0.15, -0.1) is 0 Å². The first-order valence-electron chi connectivity index (χ1n) is 11.2. The number of hydrogen-bond acceptors (Lipinski definition) is 5. The molecule has 1 aliphatic rings. The molecule has 1 atom stereocenters. The smallest absolute Gasteiger partial charge is 0.232 e. The second-order valence-electron chi connectivity index (χ2n) is 9.43. The fourth-order valence-corrected chi connectivity index (χ4v) is 4.68. The summed E-state index contributed by atoms with van der Waals surface area (Å²) in [5.74, 6) is 1.01. The highest BCUT2D eigenvalue weighted by Gasteiger charge is 2.21. The highest BCUT2D eigenvalue weighted by atomic mass is 32.2. The van der Waals surface area contributed by atoms with E-state index >= 15 is 0 Å². The van der Waals surface area contributed by atoms with Gasteiger partial charge in [-0.2, -0.15) is 0 Å². The Morgan fingerprint density at radius 1 is 1.06 bits per heavy atom. The number of amides is 1. The van der Waals surface area contributed by atoms with Crippen LogP contribution in [0.5, 0.6) is 11.5 Å². The number of anilines is 1. The van der Waals surface area contributed by atoms with E-state index in [0.717, 1.165) is 11.8 Å². The molecule has 0 radical (unpaired) electrons. The van der Waals surface area contributed by atoms with E-state index in [1.54, 1.807) is 18.2 Å². The summed E-state index contributed by atoms with van der Waals surface area (Å²) in [4.78, 5) is 12.5. The number of sulfonamides is 1. The second-order valence-corrected chi connectivity index (χ2v) is 11.3. The summed E-state index contributed by atoms with van der Waals surface area (Å²) in [6, 6.07) is 13.2. The maximum absolute atomic E-state index is 12.5. The molecule has 0 aromatic heterocycles. The number of hydrogen-bond donors (Lipinski definition) is 1. The molecule has 180 valence electrons. The summed E-state index contributed by atoms with van der Waals surface area (Å²) in [6.45, 7) is 9.53. The summed E-state index contributed by atoms with van der Waals surface area (Å²) < 4.78 is 37.2. The van der Waals surface area contributed by atoms with Crippen molar-refractivity contribution in [2.45, 2.75) is 52.0 Å². The third-order valence-electron chi connectivity index (χ3n) is 5.63. The molecule has 1 amide bonds. The molecule has 2 aromatic carbocycles. The minimum absolute atomic E-state index is 0.0771. The fraction of sp³-hybridized carbons (Fsp3) is 0.480. The van der Waals surface area contributed by atoms with Gasteiger partial charge in [-0.25, -0.2) is 8.42 Å². The summed E-state index contributed by atoms with van der Waals surface area (Å²) >= 11 is 0. The Balaban J connectivity index is 1.57. The molecule has 1 N–H and O–H groups in total. The van der Waals surface area contributed by atoms with Gasteiger partial charge in [-0.3, -0.25) is 9.10 Å². The van der Waals surface area contributed by atoms with Crippen LogP contribution in [-0.4, -0.2) is 40.3 Å². The SMILES string of the molecule is C[C@H](NC(=O)CCCN(c1ccc2c(c1)OCCO2)S(C)(=O)=O)c1ccc(C(C)(C)C)cc1. The van der Waals surface area contributed by atoms with Crippen LogP contribution < -0.4 is 19.1 Å². The molecule has 0 fully saturated rings. The molecular weight excluding hydrogens is 440 g/mol. The standard InChI is InChI=1S/C25H34N2O5S/c1-18(19-8-10-20(11-9-19)25(2,3)4)26-24(28)7-6-14-27(33(5,29)30)21-12-13-22-23(17-21)32-16-15-31-22/h8-13,17-18H,6-7,14-16H2,1-5H3,(H,26,28)/t18-/m0/s1. The average molecular weight is 475 g/mol. The van der Waals surface area contributed by atoms with Crippen LogP contribution in [0.3, 0.4) is 0 Å². The van der Waals surface area contributed by atoms with Crippen LogP contribution in [0.4, 0.5) is 5.69 Å². The van der Waals surface area contributed by atoms with Gasteiger partial charge >= 0.3 is 0 Å². The van der Waals surface area contributed by atoms with E-state index < -0.39 is 10.0 Å². The lowest BCUT2D eigenvalue weighted by atomic mass is 9.86. The first kappa shape index (κ1) is 24.9. The Morgan fingerprint density at radius 2 is 1.70 bits per heavy atom. The zero-order chi connectivity index (χ0) is 24.2. The van der Waals surface area contributed by atoms with Crippen molar-refractivity contribution in [3.63, 3.8) is 0 Å². The Labute approximate surface area is 197 Å². The summed E-state index contributed by atoms with van der Waals surface area (Å²) in [7, 11) is -3.52. The highest BCUT2D eigenvalue weighted by Crippen LogP contribution is 2.34. The minimum Gasteiger partial charge on any atom is -0.486 e. The highest BCUT2D eigenvalue weighted by molar-refractivity contribution is 7.92. The predicted molar refractivity (Wildman–Crippen MR) is 131 cm³/mol. The molecule has 33 heavy (non-hydrogen) atoms. The molecular formula is C25H34N2O5S. The van der Waals surface area contributed by atoms with Gasteiger partial charge in [0.05, 0.1) is 18.0 Å². The molecule has 7 nitrogen and oxygen atoms in total. The van der Waals surface area contributed by atoms with Crippen molar-refractivity contribution in [3.8, 4) is 11.5 Å². The Kier molecular flexibility index (Phi) is 7.57. The molecule has 2 aromatic rings. The molecule has 0 saturated heterocycles. The molecule has 8 heteroatoms. The Bertz CT molecular complexity index is 1070. The van der Waals surface area contributed by atoms with Crippen LogP contribution in [0.2, 0.25) is 0 Å². The van der Waals surface area contributed by atoms with E-state index in [9.17, 15) is 13.2 Å². The summed E-state index contributed by atoms with van der Waals surface area (Å²) in [5, 5.41) is 3.00. The van der Waals surface area contributed by atoms with Crippen LogP contribution in [0.15, 0.2) is 42.5 Å². The largest absolute Gasteiger partial charge is 0.486 e. The molecule has 0 bridgehead atoms. The topological polar surface area (TPSA) is 84.9 Å². The van der Waals surface area contributed by atoms with E-state index in [4.69, 9.17) is 9.47 Å². The maximum Gasteiger partial charge on any atom is 0.232 e. The van der Waals surface area contributed by atoms with Gasteiger partial charge in [0.25, 0.3) is 0 Å². The Morgan fingerprint density at radius 3 is 2.30 bits per heavy atom. The maximum atomic E-state index is 12.5. The lowest BCUT2D eigenvalue weighted by molar-refractivity contribution is -0.121. The zero-order valence-electron chi connectivity index (χ0n) is 20.1. The molecule has 1 aliphatic heterocycles. The Hall–Kier alpha value is -2.74. The number of carbonyl (C=O) groups excluding carboxylic acids is 1. The summed E-state index contributed by atoms with van der Waals surface area (Å²) in [5.41, 5.74) is 2.85. The van der Waals surface area contributed by atoms with E-state index in [0.29, 0.717) is 36.8 Å². The lowest BCUT2D eigenvalue weighted by Crippen LogP contribution is -2.32. The number of ether oxygens (including phenoxy) is 2. The number of nitrogens with one attached hydrogen (secondary N) is 1. The monoisotopic (exact) mass is 474 g/mol. The zero-order valence-corrected chi connectivity index (χ0v) is 20.9. The lowest BCUT2D eigenvalue weighted by Gasteiger charge is -2.25. The van der Waals surface area contributed by atoms with E-state index in [-0.39, 0.29) is 30.3 Å². The number of rotatable bonds is 8. The minimum atomic E-state index is -3.52. The van der Waals surface area contributed by atoms with Gasteiger partial charge in [0.1, 0.15) is 13.2 Å². The quantitative estimate of drug-likeness (QED) is 0.620. The molecule has 0 unspecified atom stereocenters. The summed E-state index contributed by atoms with van der Waals surface area (Å²) in [6.07, 6.45) is 1.78. The van der Waals surface area contributed by atoms with Gasteiger partial charge < -0.3 is 14.8 Å². The number of nitrogens with zero attached hydrogens (tertiary/aromatic N) is 1. The van der Waals surface area contributed by atoms with Crippen molar-refractivity contribution in [1.29, 1.82) is 0 Å². The number of fused-ring (bicyclic) bond motifs is 1. The van der Waals surface area contributed by atoms with Crippen molar-refractivity contribution in [3.05, 3.63) is 53.6 Å². The third-order valence-corrected chi connectivity index (χ3v) is 6.83. The average Bonchev–Trinajstić information content (AvgIpc) is 2.75. The molecule has 3 rings (SSSR count). The molecule has 1 heterocycles. The third kappa shape index (κ3) is 6.63. The first-order valence-corrected chi connectivity index (χ1v) is 13.1. The number of benzene rings is 2. The molecule has 0 saturated carbocycles. The van der Waals surface area contributed by atoms with Gasteiger partial charge in [0.15, 0.2) is 11.5 Å². The van der Waals surface area contributed by atoms with Crippen molar-refractivity contribution in [2.75, 3.05) is 30.3 Å². The second kappa shape index (κ2) is 10.0. The van der Waals surface area contributed by atoms with E-state index in [1.807, 2.05) is 19.1 Å². The van der Waals surface area contributed by atoms with Gasteiger partial charge in [-0.1, -0.05) is 45.0 Å². The molecule has 0 spiro atoms. The normalized spacial score (nSPS) is 14.5. The number of carbonyl (C=O) groups is 1.